The van der Waals surface area contributed by atoms with Crippen LogP contribution in [0.2, 0.25) is 0 Å². The van der Waals surface area contributed by atoms with Gasteiger partial charge in [0.05, 0.1) is 12.0 Å². The topological polar surface area (TPSA) is 106 Å². The van der Waals surface area contributed by atoms with E-state index in [2.05, 4.69) is 55.4 Å². The minimum absolute atomic E-state index is 0. The predicted octanol–water partition coefficient (Wildman–Crippen LogP) is 25.9. The van der Waals surface area contributed by atoms with Crippen LogP contribution >= 0.6 is 12.2 Å². The number of alkyl halides is 2. The molecule has 0 aromatic rings. The first kappa shape index (κ1) is 82.3. The molecular weight excluding hydrogens is 1210 g/mol. The molecule has 558 valence electrons. The number of rotatable bonds is 15. The molecule has 12 fully saturated rings. The zero-order chi connectivity index (χ0) is 67.9. The Morgan fingerprint density at radius 1 is 0.292 bits per heavy atom. The fourth-order valence-corrected chi connectivity index (χ4v) is 22.4. The molecule has 5 nitrogen and oxygen atoms in total. The molecule has 0 aromatic carbocycles. The van der Waals surface area contributed by atoms with Gasteiger partial charge in [0, 0.05) is 23.7 Å². The highest BCUT2D eigenvalue weighted by molar-refractivity contribution is 7.80. The number of halogens is 2. The third-order valence-electron chi connectivity index (χ3n) is 29.7. The van der Waals surface area contributed by atoms with E-state index < -0.39 is 11.9 Å². The van der Waals surface area contributed by atoms with Gasteiger partial charge in [-0.25, -0.2) is 8.78 Å². The van der Waals surface area contributed by atoms with E-state index in [1.807, 2.05) is 0 Å². The summed E-state index contributed by atoms with van der Waals surface area (Å²) in [5.41, 5.74) is 0. The summed E-state index contributed by atoms with van der Waals surface area (Å²) in [6.45, 7) is 18.8. The molecule has 0 aliphatic heterocycles. The van der Waals surface area contributed by atoms with Gasteiger partial charge in [-0.05, 0) is 304 Å². The van der Waals surface area contributed by atoms with E-state index in [1.54, 1.807) is 0 Å². The van der Waals surface area contributed by atoms with Crippen LogP contribution in [0.4, 0.5) is 8.78 Å². The lowest BCUT2D eigenvalue weighted by Gasteiger charge is -2.41. The van der Waals surface area contributed by atoms with Crippen molar-refractivity contribution in [3.05, 3.63) is 0 Å². The van der Waals surface area contributed by atoms with Gasteiger partial charge in [0.1, 0.15) is 5.78 Å². The molecule has 12 aliphatic carbocycles. The summed E-state index contributed by atoms with van der Waals surface area (Å²) in [7, 11) is 0. The maximum atomic E-state index is 15.0. The number of thiocarbonyl (C=S) groups is 1. The molecule has 0 saturated heterocycles. The number of carbonyl (C=O) groups is 2. The molecule has 0 atom stereocenters. The average Bonchev–Trinajstić information content (AvgIpc) is 0.901. The highest BCUT2D eigenvalue weighted by Gasteiger charge is 2.48. The molecule has 0 bridgehead atoms. The Bertz CT molecular complexity index is 1990. The number of Topliss-reactive ketones (excluding diaryl/α,β-unsaturated/α-hetero) is 1. The summed E-state index contributed by atoms with van der Waals surface area (Å²) in [5, 5.41) is 18.0. The van der Waals surface area contributed by atoms with Gasteiger partial charge in [-0.3, -0.25) is 9.59 Å². The normalized spacial score (nSPS) is 41.0. The third-order valence-corrected chi connectivity index (χ3v) is 30.3. The molecule has 0 radical (unpaired) electrons. The minimum atomic E-state index is -2.40. The molecule has 8 heteroatoms. The quantitative estimate of drug-likeness (QED) is 0.159. The summed E-state index contributed by atoms with van der Waals surface area (Å²) in [6, 6.07) is 0. The largest absolute Gasteiger partial charge is 0.481 e. The SMILES string of the molecule is CC1CCC(CC2CCC(C(=O)C3CCC(C)CC3)CC2)CC1.CC1CCC(CC2CCC(C(=O)O)CC2)CC1.CC1CCC(CC2CCC(C(=S)C3CCC(C)CC3)CC2)CC1.CC1CCC(CC2CCC(C(F)(F)C3CCC(C)CC3)CC2)CC1.CC1CCC(O)CC1.O. The van der Waals surface area contributed by atoms with Gasteiger partial charge >= 0.3 is 5.97 Å². The molecule has 96 heavy (non-hydrogen) atoms. The second-order valence-electron chi connectivity index (χ2n) is 37.9. The molecule has 12 rings (SSSR count). The Hall–Kier alpha value is -0.990. The first-order valence-corrected chi connectivity index (χ1v) is 43.4. The van der Waals surface area contributed by atoms with Gasteiger partial charge < -0.3 is 15.7 Å². The van der Waals surface area contributed by atoms with E-state index in [4.69, 9.17) is 22.4 Å². The average molecular weight is 1360 g/mol. The van der Waals surface area contributed by atoms with Gasteiger partial charge in [0.25, 0.3) is 5.92 Å². The standard InChI is InChI=1S/C22H38F2.C22H38O.C22H38S.C15H26O2.C7H14O.H2O/c1-16-3-7-18(8-4-16)15-19-9-13-21(14-10-19)22(23,24)20-11-5-17(2)6-12-20;2*1-16-3-7-18(8-4-16)15-19-9-13-21(14-10-19)22(23)20-11-5-17(2)6-12-20;1-11-2-4-12(5-3-11)10-13-6-8-14(9-7-13)15(16)17;1-6-2-4-7(8)5-3-6;/h16-21H,3-15H2,1-2H3;2*16-21H,3-15H2,1-2H3;11-14H,2-10H2,1H3,(H,16,17);6-8H,2-5H2,1H3;1H2. The molecule has 0 unspecified atom stereocenters. The van der Waals surface area contributed by atoms with Gasteiger partial charge in [0.2, 0.25) is 0 Å². The van der Waals surface area contributed by atoms with E-state index in [0.29, 0.717) is 23.5 Å². The van der Waals surface area contributed by atoms with Crippen molar-refractivity contribution in [2.24, 2.45) is 136 Å². The van der Waals surface area contributed by atoms with E-state index in [1.165, 1.54) is 249 Å². The van der Waals surface area contributed by atoms with E-state index in [0.717, 1.165) is 190 Å². The van der Waals surface area contributed by atoms with Crippen LogP contribution < -0.4 is 0 Å². The molecular formula is C88H156F2O5S. The summed E-state index contributed by atoms with van der Waals surface area (Å²) >= 11 is 5.95. The van der Waals surface area contributed by atoms with Crippen LogP contribution in [0.5, 0.6) is 0 Å². The van der Waals surface area contributed by atoms with Crippen LogP contribution in [-0.4, -0.2) is 44.3 Å². The van der Waals surface area contributed by atoms with Crippen molar-refractivity contribution in [3.8, 4) is 0 Å². The van der Waals surface area contributed by atoms with Crippen LogP contribution in [0.25, 0.3) is 0 Å². The number of aliphatic carboxylic acids is 1. The number of carbonyl (C=O) groups excluding carboxylic acids is 1. The second-order valence-corrected chi connectivity index (χ2v) is 38.4. The van der Waals surface area contributed by atoms with Gasteiger partial charge in [-0.1, -0.05) is 209 Å². The first-order chi connectivity index (χ1) is 45.6. The number of ketones is 1. The van der Waals surface area contributed by atoms with Crippen molar-refractivity contribution in [2.45, 2.75) is 401 Å². The van der Waals surface area contributed by atoms with E-state index in [9.17, 15) is 18.4 Å². The predicted molar refractivity (Wildman–Crippen MR) is 406 cm³/mol. The van der Waals surface area contributed by atoms with Crippen molar-refractivity contribution < 1.29 is 34.1 Å². The number of hydrogen-bond donors (Lipinski definition) is 2. The van der Waals surface area contributed by atoms with Crippen molar-refractivity contribution in [2.75, 3.05) is 0 Å². The zero-order valence-electron chi connectivity index (χ0n) is 64.0. The summed E-state index contributed by atoms with van der Waals surface area (Å²) < 4.78 is 29.9. The lowest BCUT2D eigenvalue weighted by atomic mass is 9.69. The number of hydrogen-bond acceptors (Lipinski definition) is 4. The van der Waals surface area contributed by atoms with Crippen LogP contribution in [0.3, 0.4) is 0 Å². The highest BCUT2D eigenvalue weighted by atomic mass is 32.1. The van der Waals surface area contributed by atoms with E-state index in [-0.39, 0.29) is 29.3 Å². The molecule has 0 aromatic heterocycles. The van der Waals surface area contributed by atoms with Gasteiger partial charge in [-0.15, -0.1) is 0 Å². The summed E-state index contributed by atoms with van der Waals surface area (Å²) in [4.78, 5) is 25.2. The maximum Gasteiger partial charge on any atom is 0.306 e. The Labute approximate surface area is 597 Å². The fourth-order valence-electron chi connectivity index (χ4n) is 21.9. The molecule has 12 saturated carbocycles. The second kappa shape index (κ2) is 42.7. The smallest absolute Gasteiger partial charge is 0.306 e. The monoisotopic (exact) mass is 1360 g/mol. The lowest BCUT2D eigenvalue weighted by Crippen LogP contribution is -2.40. The van der Waals surface area contributed by atoms with Crippen molar-refractivity contribution in [3.63, 3.8) is 0 Å². The van der Waals surface area contributed by atoms with Crippen LogP contribution in [-0.2, 0) is 9.59 Å². The van der Waals surface area contributed by atoms with Crippen LogP contribution in [0, 0.1) is 136 Å². The van der Waals surface area contributed by atoms with E-state index >= 15 is 0 Å². The number of carboxylic acids is 1. The van der Waals surface area contributed by atoms with Crippen LogP contribution in [0.15, 0.2) is 0 Å². The van der Waals surface area contributed by atoms with Gasteiger partial charge in [0.15, 0.2) is 0 Å². The molecule has 0 spiro atoms. The number of aliphatic hydroxyl groups excluding tert-OH is 1. The third kappa shape index (κ3) is 28.2. The Morgan fingerprint density at radius 2 is 0.469 bits per heavy atom. The molecule has 0 heterocycles. The van der Waals surface area contributed by atoms with Gasteiger partial charge in [-0.2, -0.15) is 0 Å². The molecule has 12 aliphatic rings. The number of aliphatic hydroxyl groups is 1. The van der Waals surface area contributed by atoms with Crippen LogP contribution in [0.1, 0.15) is 389 Å². The maximum absolute atomic E-state index is 15.0. The molecule has 0 amide bonds. The Kier molecular flexibility index (Phi) is 36.6. The first-order valence-electron chi connectivity index (χ1n) is 43.0. The Morgan fingerprint density at radius 3 is 0.729 bits per heavy atom. The highest BCUT2D eigenvalue weighted by Crippen LogP contribution is 2.50. The zero-order valence-corrected chi connectivity index (χ0v) is 64.8. The fraction of sp³-hybridized carbons (Fsp3) is 0.966. The lowest BCUT2D eigenvalue weighted by molar-refractivity contribution is -0.143. The summed E-state index contributed by atoms with van der Waals surface area (Å²) in [5.74, 6) is 14.0. The minimum Gasteiger partial charge on any atom is -0.481 e. The van der Waals surface area contributed by atoms with Crippen molar-refractivity contribution in [1.29, 1.82) is 0 Å². The molecule has 4 N–H and O–H groups in total. The number of carboxylic acid groups (broad SMARTS) is 1. The summed E-state index contributed by atoms with van der Waals surface area (Å²) in [6.07, 6.45) is 66.1. The van der Waals surface area contributed by atoms with Crippen molar-refractivity contribution >= 4 is 28.8 Å². The Balaban J connectivity index is 0.000000174. The van der Waals surface area contributed by atoms with Crippen molar-refractivity contribution in [1.82, 2.24) is 0 Å².